The monoisotopic (exact) mass is 1190 g/mol. The second-order valence-corrected chi connectivity index (χ2v) is 23.4. The Morgan fingerprint density at radius 1 is 0.333 bits per heavy atom. The van der Waals surface area contributed by atoms with E-state index in [9.17, 15) is 0 Å². The zero-order chi connectivity index (χ0) is 62.6. The molecule has 0 bridgehead atoms. The number of hydrogen-bond acceptors (Lipinski definition) is 0. The second-order valence-electron chi connectivity index (χ2n) is 23.1. The van der Waals surface area contributed by atoms with Gasteiger partial charge in [-0.15, -0.1) is 18.5 Å². The van der Waals surface area contributed by atoms with E-state index in [1.807, 2.05) is 0 Å². The maximum atomic E-state index is 6.32. The molecule has 4 heterocycles. The van der Waals surface area contributed by atoms with Gasteiger partial charge in [-0.25, -0.2) is 0 Å². The zero-order valence-corrected chi connectivity index (χ0v) is 52.5. The van der Waals surface area contributed by atoms with Crippen molar-refractivity contribution in [3.63, 3.8) is 0 Å². The average Bonchev–Trinajstić information content (AvgIpc) is 1.59. The molecule has 7 heteroatoms. The van der Waals surface area contributed by atoms with Gasteiger partial charge < -0.3 is 18.3 Å². The van der Waals surface area contributed by atoms with Crippen molar-refractivity contribution in [2.45, 2.75) is 19.8 Å². The Kier molecular flexibility index (Phi) is 14.3. The van der Waals surface area contributed by atoms with E-state index >= 15 is 0 Å². The van der Waals surface area contributed by atoms with Gasteiger partial charge in [0.2, 0.25) is 0 Å². The molecule has 0 fully saturated rings. The van der Waals surface area contributed by atoms with Crippen LogP contribution in [0.1, 0.15) is 36.5 Å². The van der Waals surface area contributed by atoms with E-state index in [4.69, 9.17) is 10.6 Å². The summed E-state index contributed by atoms with van der Waals surface area (Å²) in [6, 6.07) is 108. The molecule has 4 nitrogen and oxygen atoms in total. The normalized spacial score (nSPS) is 12.5. The molecule has 13 aromatic carbocycles. The van der Waals surface area contributed by atoms with Gasteiger partial charge in [0.05, 0.1) is 69.0 Å². The third kappa shape index (κ3) is 9.38. The number of hydrogen-bond donors (Lipinski definition) is 0. The van der Waals surface area contributed by atoms with Crippen LogP contribution in [0.5, 0.6) is 0 Å². The molecular formula is C83H65BN4P2. The van der Waals surface area contributed by atoms with Crippen molar-refractivity contribution in [1.82, 2.24) is 18.3 Å². The summed E-state index contributed by atoms with van der Waals surface area (Å²) in [4.78, 5) is 0. The van der Waals surface area contributed by atoms with Gasteiger partial charge in [-0.05, 0) is 143 Å². The molecule has 90 heavy (non-hydrogen) atoms. The highest BCUT2D eigenvalue weighted by molar-refractivity contribution is 7.19. The Hall–Kier alpha value is -10.0. The molecule has 430 valence electrons. The first-order valence-corrected chi connectivity index (χ1v) is 32.1. The highest BCUT2D eigenvalue weighted by atomic mass is 31.0. The van der Waals surface area contributed by atoms with Crippen LogP contribution in [0.4, 0.5) is 0 Å². The summed E-state index contributed by atoms with van der Waals surface area (Å²) in [5, 5.41) is 10.1. The van der Waals surface area contributed by atoms with Gasteiger partial charge in [0.15, 0.2) is 0 Å². The van der Waals surface area contributed by atoms with E-state index in [-0.39, 0.29) is 5.92 Å². The molecule has 0 saturated heterocycles. The summed E-state index contributed by atoms with van der Waals surface area (Å²) in [6.07, 6.45) is 0. The molecule has 0 spiro atoms. The van der Waals surface area contributed by atoms with Crippen LogP contribution >= 0.6 is 18.5 Å². The molecule has 0 amide bonds. The predicted molar refractivity (Wildman–Crippen MR) is 394 cm³/mol. The van der Waals surface area contributed by atoms with E-state index < -0.39 is 6.04 Å². The first-order chi connectivity index (χ1) is 45.2. The summed E-state index contributed by atoms with van der Waals surface area (Å²) >= 11 is 0. The van der Waals surface area contributed by atoms with Crippen LogP contribution in [-0.2, 0) is 0 Å². The second kappa shape index (κ2) is 23.8. The van der Waals surface area contributed by atoms with Crippen molar-refractivity contribution in [1.29, 1.82) is 0 Å². The van der Waals surface area contributed by atoms with E-state index in [1.54, 1.807) is 0 Å². The Bertz CT molecular complexity index is 5080. The van der Waals surface area contributed by atoms with Crippen LogP contribution in [0.25, 0.3) is 132 Å². The van der Waals surface area contributed by atoms with Gasteiger partial charge in [0, 0.05) is 57.4 Å². The first-order valence-electron chi connectivity index (χ1n) is 31.9. The van der Waals surface area contributed by atoms with Crippen LogP contribution in [0.15, 0.2) is 297 Å². The van der Waals surface area contributed by atoms with E-state index in [0.717, 1.165) is 17.1 Å². The Balaban J connectivity index is 0.000000140. The largest absolute Gasteiger partial charge is 0.309 e. The average molecular weight is 1190 g/mol. The van der Waals surface area contributed by atoms with Crippen molar-refractivity contribution in [2.75, 3.05) is 12.7 Å². The zero-order valence-electron chi connectivity index (χ0n) is 52.2. The molecule has 2 radical (unpaired) electrons. The smallest absolute Gasteiger partial charge is 0.0709 e. The number of rotatable bonds is 6. The van der Waals surface area contributed by atoms with Crippen LogP contribution in [0.2, 0.25) is 0 Å². The summed E-state index contributed by atoms with van der Waals surface area (Å²) in [5.74, 6) is 0.277. The number of fused-ring (bicyclic) bond motifs is 15. The SMILES string of the molecule is Cc1cc(C2c3ccccc3-c3ccccc32)ccc1-c1ccc(-n2c3ccccc3c3ccccc32)cc1C.[2H]C([B])P.[3H]CP.c1ccc2c(c1)c1ccccc1n2-c1cc(-n2c3ccccc3c3ccccc32)cc(-n2c3ccccc3c3ccccc32)c1. The molecular weight excluding hydrogens is 1130 g/mol. The Labute approximate surface area is 533 Å². The lowest BCUT2D eigenvalue weighted by Gasteiger charge is -2.18. The van der Waals surface area contributed by atoms with Crippen molar-refractivity contribution in [3.8, 4) is 45.0 Å². The minimum absolute atomic E-state index is 0.277. The molecule has 1 aliphatic carbocycles. The maximum absolute atomic E-state index is 6.32. The molecule has 3 atom stereocenters. The van der Waals surface area contributed by atoms with Gasteiger partial charge in [0.25, 0.3) is 0 Å². The fourth-order valence-electron chi connectivity index (χ4n) is 14.5. The molecule has 18 rings (SSSR count). The lowest BCUT2D eigenvalue weighted by molar-refractivity contribution is 1.01. The summed E-state index contributed by atoms with van der Waals surface area (Å²) in [6.45, 7) is 4.91. The molecule has 0 aliphatic heterocycles. The number of benzene rings is 13. The number of aromatic nitrogens is 4. The van der Waals surface area contributed by atoms with Crippen molar-refractivity contribution in [2.24, 2.45) is 0 Å². The fourth-order valence-corrected chi connectivity index (χ4v) is 14.5. The van der Waals surface area contributed by atoms with Gasteiger partial charge in [-0.1, -0.05) is 231 Å². The van der Waals surface area contributed by atoms with Crippen molar-refractivity contribution < 1.29 is 2.74 Å². The molecule has 3 unspecified atom stereocenters. The van der Waals surface area contributed by atoms with Crippen LogP contribution in [0.3, 0.4) is 0 Å². The van der Waals surface area contributed by atoms with Gasteiger partial charge in [0.1, 0.15) is 0 Å². The molecule has 0 N–H and O–H groups in total. The standard InChI is InChI=1S/C42H27N3.C39H29N.CH4BP.CH5P/c1-7-19-37-31(13-1)32-14-2-8-20-38(32)43(37)28-25-29(44-39-21-9-3-15-33(39)34-16-4-10-22-40(34)44)27-30(26-28)45-41-23-11-5-17-35(41)36-18-6-12-24-42(36)45;1-25-23-27(39-35-15-5-3-11-31(35)32-12-4-6-16-36(32)39)19-21-29(25)30-22-20-28(24-26(30)2)40-37-17-9-7-13-33(37)34-14-8-10-18-38(34)40;2-1-3;1-2/h1-27H;3-24,39H,1-2H3;1,3H2;2H2,1H3/i;;1D;1T. The summed E-state index contributed by atoms with van der Waals surface area (Å²) in [7, 11) is 9.09. The maximum Gasteiger partial charge on any atom is 0.0709 e. The quantitative estimate of drug-likeness (QED) is 0.117. The summed E-state index contributed by atoms with van der Waals surface area (Å²) in [5.41, 5.74) is 26.4. The minimum atomic E-state index is -0.500. The summed E-state index contributed by atoms with van der Waals surface area (Å²) < 4.78 is 22.2. The Morgan fingerprint density at radius 3 is 0.867 bits per heavy atom. The molecule has 17 aromatic rings. The van der Waals surface area contributed by atoms with Crippen molar-refractivity contribution >= 4 is 114 Å². The third-order valence-corrected chi connectivity index (χ3v) is 18.2. The van der Waals surface area contributed by atoms with E-state index in [0.29, 0.717) is 6.64 Å². The highest BCUT2D eigenvalue weighted by Gasteiger charge is 2.30. The topological polar surface area (TPSA) is 19.7 Å². The molecule has 0 saturated carbocycles. The fraction of sp³-hybridized carbons (Fsp3) is 0.0602. The van der Waals surface area contributed by atoms with Gasteiger partial charge in [-0.3, -0.25) is 0 Å². The van der Waals surface area contributed by atoms with Crippen molar-refractivity contribution in [3.05, 3.63) is 325 Å². The van der Waals surface area contributed by atoms with Gasteiger partial charge in [-0.2, -0.15) is 0 Å². The van der Waals surface area contributed by atoms with Gasteiger partial charge >= 0.3 is 0 Å². The van der Waals surface area contributed by atoms with Crippen LogP contribution in [0, 0.1) is 13.8 Å². The predicted octanol–water partition coefficient (Wildman–Crippen LogP) is 21.7. The van der Waals surface area contributed by atoms with E-state index in [2.05, 4.69) is 348 Å². The Morgan fingerprint density at radius 2 is 0.578 bits per heavy atom. The van der Waals surface area contributed by atoms with E-state index in [1.165, 1.54) is 143 Å². The minimum Gasteiger partial charge on any atom is -0.309 e. The lowest BCUT2D eigenvalue weighted by Crippen LogP contribution is -2.03. The first kappa shape index (κ1) is 54.2. The number of para-hydroxylation sites is 8. The van der Waals surface area contributed by atoms with Crippen LogP contribution < -0.4 is 0 Å². The highest BCUT2D eigenvalue weighted by Crippen LogP contribution is 2.49. The number of nitrogens with zero attached hydrogens (tertiary/aromatic N) is 4. The third-order valence-electron chi connectivity index (χ3n) is 18.2. The van der Waals surface area contributed by atoms with Crippen LogP contribution in [-0.4, -0.2) is 38.8 Å². The molecule has 4 aromatic heterocycles. The number of aryl methyl sites for hydroxylation is 2. The lowest BCUT2D eigenvalue weighted by atomic mass is 9.86. The molecule has 1 aliphatic rings.